The lowest BCUT2D eigenvalue weighted by atomic mass is 10.1. The zero-order valence-electron chi connectivity index (χ0n) is 10.6. The number of hydrogen-bond acceptors (Lipinski definition) is 2. The van der Waals surface area contributed by atoms with Crippen molar-refractivity contribution in [2.45, 2.75) is 38.1 Å². The summed E-state index contributed by atoms with van der Waals surface area (Å²) in [4.78, 5) is 4.54. The minimum Gasteiger partial charge on any atom is -0.329 e. The molecule has 1 saturated carbocycles. The number of aryl methyl sites for hydroxylation is 1. The molecule has 0 saturated heterocycles. The molecule has 1 heterocycles. The van der Waals surface area contributed by atoms with E-state index in [9.17, 15) is 4.39 Å². The van der Waals surface area contributed by atoms with Gasteiger partial charge in [0.1, 0.15) is 11.3 Å². The van der Waals surface area contributed by atoms with E-state index in [1.807, 2.05) is 6.07 Å². The van der Waals surface area contributed by atoms with Crippen molar-refractivity contribution in [1.82, 2.24) is 9.55 Å². The minimum atomic E-state index is -0.239. The smallest absolute Gasteiger partial charge is 0.151 e. The quantitative estimate of drug-likeness (QED) is 0.902. The third kappa shape index (κ3) is 1.56. The molecule has 2 N–H and O–H groups in total. The van der Waals surface area contributed by atoms with E-state index in [1.54, 1.807) is 6.07 Å². The monoisotopic (exact) mass is 247 g/mol. The van der Waals surface area contributed by atoms with Crippen LogP contribution in [0.1, 0.15) is 32.0 Å². The van der Waals surface area contributed by atoms with Gasteiger partial charge in [0.05, 0.1) is 5.52 Å². The number of rotatable bonds is 4. The second-order valence-corrected chi connectivity index (χ2v) is 5.18. The van der Waals surface area contributed by atoms with Crippen molar-refractivity contribution < 1.29 is 4.39 Å². The van der Waals surface area contributed by atoms with Gasteiger partial charge in [0.15, 0.2) is 5.82 Å². The van der Waals surface area contributed by atoms with Crippen LogP contribution in [0.25, 0.3) is 11.0 Å². The lowest BCUT2D eigenvalue weighted by Crippen LogP contribution is -2.24. The summed E-state index contributed by atoms with van der Waals surface area (Å²) in [5.41, 5.74) is 7.26. The summed E-state index contributed by atoms with van der Waals surface area (Å²) in [5, 5.41) is 0. The molecule has 0 atom stereocenters. The largest absolute Gasteiger partial charge is 0.329 e. The molecule has 96 valence electrons. The Morgan fingerprint density at radius 2 is 2.22 bits per heavy atom. The van der Waals surface area contributed by atoms with Crippen molar-refractivity contribution in [3.05, 3.63) is 29.8 Å². The maximum atomic E-state index is 13.8. The van der Waals surface area contributed by atoms with Gasteiger partial charge in [0.2, 0.25) is 0 Å². The normalized spacial score (nSPS) is 17.3. The third-order valence-electron chi connectivity index (χ3n) is 3.90. The Bertz CT molecular complexity index is 584. The SMILES string of the molecule is CCCn1c(C2(CN)CC2)nc2c(F)cccc21. The fourth-order valence-electron chi connectivity index (χ4n) is 2.64. The molecule has 0 aliphatic heterocycles. The van der Waals surface area contributed by atoms with Crippen LogP contribution in [-0.4, -0.2) is 16.1 Å². The maximum Gasteiger partial charge on any atom is 0.151 e. The second-order valence-electron chi connectivity index (χ2n) is 5.18. The van der Waals surface area contributed by atoms with Crippen LogP contribution in [0.4, 0.5) is 4.39 Å². The van der Waals surface area contributed by atoms with Crippen molar-refractivity contribution in [3.8, 4) is 0 Å². The van der Waals surface area contributed by atoms with Crippen molar-refractivity contribution in [2.24, 2.45) is 5.73 Å². The van der Waals surface area contributed by atoms with E-state index in [0.29, 0.717) is 12.1 Å². The van der Waals surface area contributed by atoms with Crippen LogP contribution < -0.4 is 5.73 Å². The summed E-state index contributed by atoms with van der Waals surface area (Å²) in [6, 6.07) is 5.16. The van der Waals surface area contributed by atoms with Crippen LogP contribution in [0.2, 0.25) is 0 Å². The zero-order chi connectivity index (χ0) is 12.8. The molecule has 1 aromatic heterocycles. The lowest BCUT2D eigenvalue weighted by Gasteiger charge is -2.14. The summed E-state index contributed by atoms with van der Waals surface area (Å²) < 4.78 is 16.0. The predicted molar refractivity (Wildman–Crippen MR) is 69.9 cm³/mol. The Morgan fingerprint density at radius 1 is 1.44 bits per heavy atom. The van der Waals surface area contributed by atoms with E-state index < -0.39 is 0 Å². The molecule has 3 rings (SSSR count). The van der Waals surface area contributed by atoms with E-state index in [4.69, 9.17) is 5.73 Å². The molecular formula is C14H18FN3. The molecular weight excluding hydrogens is 229 g/mol. The third-order valence-corrected chi connectivity index (χ3v) is 3.90. The van der Waals surface area contributed by atoms with Crippen LogP contribution >= 0.6 is 0 Å². The number of hydrogen-bond donors (Lipinski definition) is 1. The number of nitrogens with zero attached hydrogens (tertiary/aromatic N) is 2. The predicted octanol–water partition coefficient (Wildman–Crippen LogP) is 2.58. The molecule has 0 amide bonds. The van der Waals surface area contributed by atoms with Gasteiger partial charge in [-0.2, -0.15) is 0 Å². The van der Waals surface area contributed by atoms with Crippen LogP contribution in [0.3, 0.4) is 0 Å². The van der Waals surface area contributed by atoms with Crippen molar-refractivity contribution in [2.75, 3.05) is 6.54 Å². The summed E-state index contributed by atoms with van der Waals surface area (Å²) in [6.45, 7) is 3.59. The number of halogens is 1. The molecule has 18 heavy (non-hydrogen) atoms. The molecule has 1 aliphatic rings. The molecule has 4 heteroatoms. The molecule has 1 fully saturated rings. The average Bonchev–Trinajstić information content (AvgIpc) is 3.09. The standard InChI is InChI=1S/C14H18FN3/c1-2-8-18-11-5-3-4-10(15)12(11)17-13(18)14(9-16)6-7-14/h3-5H,2,6-9,16H2,1H3. The Morgan fingerprint density at radius 3 is 2.83 bits per heavy atom. The van der Waals surface area contributed by atoms with Gasteiger partial charge in [-0.25, -0.2) is 9.37 Å². The highest BCUT2D eigenvalue weighted by Crippen LogP contribution is 2.47. The summed E-state index contributed by atoms with van der Waals surface area (Å²) in [6.07, 6.45) is 3.14. The molecule has 0 unspecified atom stereocenters. The molecule has 0 radical (unpaired) electrons. The van der Waals surface area contributed by atoms with E-state index in [-0.39, 0.29) is 11.2 Å². The second kappa shape index (κ2) is 4.05. The molecule has 1 aromatic carbocycles. The van der Waals surface area contributed by atoms with Gasteiger partial charge in [-0.1, -0.05) is 13.0 Å². The van der Waals surface area contributed by atoms with Gasteiger partial charge < -0.3 is 10.3 Å². The number of fused-ring (bicyclic) bond motifs is 1. The van der Waals surface area contributed by atoms with E-state index in [0.717, 1.165) is 37.1 Å². The zero-order valence-corrected chi connectivity index (χ0v) is 10.6. The first-order valence-electron chi connectivity index (χ1n) is 6.57. The Kier molecular flexibility index (Phi) is 2.63. The Labute approximate surface area is 106 Å². The maximum absolute atomic E-state index is 13.8. The number of benzene rings is 1. The summed E-state index contributed by atoms with van der Waals surface area (Å²) in [7, 11) is 0. The average molecular weight is 247 g/mol. The van der Waals surface area contributed by atoms with Crippen LogP contribution in [-0.2, 0) is 12.0 Å². The Balaban J connectivity index is 2.24. The van der Waals surface area contributed by atoms with Gasteiger partial charge >= 0.3 is 0 Å². The Hall–Kier alpha value is -1.42. The fourth-order valence-corrected chi connectivity index (χ4v) is 2.64. The molecule has 1 aliphatic carbocycles. The molecule has 2 aromatic rings. The summed E-state index contributed by atoms with van der Waals surface area (Å²) in [5.74, 6) is 0.739. The van der Waals surface area contributed by atoms with Gasteiger partial charge in [-0.05, 0) is 31.4 Å². The lowest BCUT2D eigenvalue weighted by molar-refractivity contribution is 0.571. The molecule has 0 spiro atoms. The van der Waals surface area contributed by atoms with E-state index in [2.05, 4.69) is 16.5 Å². The topological polar surface area (TPSA) is 43.8 Å². The highest BCUT2D eigenvalue weighted by Gasteiger charge is 2.47. The summed E-state index contributed by atoms with van der Waals surface area (Å²) >= 11 is 0. The number of para-hydroxylation sites is 1. The number of aromatic nitrogens is 2. The van der Waals surface area contributed by atoms with Crippen molar-refractivity contribution in [1.29, 1.82) is 0 Å². The van der Waals surface area contributed by atoms with Crippen LogP contribution in [0, 0.1) is 5.82 Å². The first kappa shape index (κ1) is 11.7. The number of imidazole rings is 1. The van der Waals surface area contributed by atoms with Gasteiger partial charge in [0, 0.05) is 18.5 Å². The fraction of sp³-hybridized carbons (Fsp3) is 0.500. The van der Waals surface area contributed by atoms with Gasteiger partial charge in [0.25, 0.3) is 0 Å². The van der Waals surface area contributed by atoms with Crippen molar-refractivity contribution >= 4 is 11.0 Å². The molecule has 3 nitrogen and oxygen atoms in total. The first-order valence-corrected chi connectivity index (χ1v) is 6.57. The molecule has 0 bridgehead atoms. The highest BCUT2D eigenvalue weighted by molar-refractivity contribution is 5.77. The van der Waals surface area contributed by atoms with E-state index in [1.165, 1.54) is 6.07 Å². The minimum absolute atomic E-state index is 0.000625. The van der Waals surface area contributed by atoms with Crippen molar-refractivity contribution in [3.63, 3.8) is 0 Å². The first-order chi connectivity index (χ1) is 8.72. The van der Waals surface area contributed by atoms with Crippen LogP contribution in [0.5, 0.6) is 0 Å². The van der Waals surface area contributed by atoms with Crippen LogP contribution in [0.15, 0.2) is 18.2 Å². The highest BCUT2D eigenvalue weighted by atomic mass is 19.1. The van der Waals surface area contributed by atoms with E-state index >= 15 is 0 Å². The number of nitrogens with two attached hydrogens (primary N) is 1. The van der Waals surface area contributed by atoms with Gasteiger partial charge in [-0.3, -0.25) is 0 Å². The van der Waals surface area contributed by atoms with Gasteiger partial charge in [-0.15, -0.1) is 0 Å².